The summed E-state index contributed by atoms with van der Waals surface area (Å²) >= 11 is 0. The van der Waals surface area contributed by atoms with Crippen molar-refractivity contribution in [1.82, 2.24) is 10.3 Å². The first kappa shape index (κ1) is 13.7. The average molecular weight is 248 g/mol. The van der Waals surface area contributed by atoms with E-state index in [1.165, 1.54) is 38.8 Å². The predicted molar refractivity (Wildman–Crippen MR) is 66.1 cm³/mol. The minimum absolute atomic E-state index is 0. The molecular weight excluding hydrogens is 226 g/mol. The number of likely N-dealkylation sites (tertiary alicyclic amines) is 1. The number of amides is 1. The summed E-state index contributed by atoms with van der Waals surface area (Å²) in [6.45, 7) is 2.33. The molecule has 0 aromatic rings. The van der Waals surface area contributed by atoms with Crippen LogP contribution in [0.5, 0.6) is 0 Å². The minimum Gasteiger partial charge on any atom is -0.300 e. The summed E-state index contributed by atoms with van der Waals surface area (Å²) in [6, 6.07) is 0.449. The molecular formula is C11H22ClN3O. The molecule has 2 atom stereocenters. The van der Waals surface area contributed by atoms with E-state index in [0.29, 0.717) is 6.04 Å². The zero-order chi connectivity index (χ0) is 10.7. The van der Waals surface area contributed by atoms with Crippen LogP contribution in [0.15, 0.2) is 0 Å². The van der Waals surface area contributed by atoms with Gasteiger partial charge < -0.3 is 0 Å². The first-order valence-corrected chi connectivity index (χ1v) is 6.07. The Bertz CT molecular complexity index is 231. The number of nitrogens with two attached hydrogens (primary N) is 1. The van der Waals surface area contributed by atoms with Crippen molar-refractivity contribution < 1.29 is 4.79 Å². The number of rotatable bonds is 2. The highest BCUT2D eigenvalue weighted by Crippen LogP contribution is 2.30. The van der Waals surface area contributed by atoms with Gasteiger partial charge in [0.15, 0.2) is 0 Å². The highest BCUT2D eigenvalue weighted by molar-refractivity contribution is 5.85. The first-order chi connectivity index (χ1) is 7.33. The van der Waals surface area contributed by atoms with E-state index >= 15 is 0 Å². The summed E-state index contributed by atoms with van der Waals surface area (Å²) in [5.74, 6) is 5.41. The molecule has 16 heavy (non-hydrogen) atoms. The summed E-state index contributed by atoms with van der Waals surface area (Å²) in [7, 11) is 0. The molecule has 1 aliphatic carbocycles. The van der Waals surface area contributed by atoms with Crippen LogP contribution in [-0.4, -0.2) is 29.9 Å². The Morgan fingerprint density at radius 2 is 1.75 bits per heavy atom. The average Bonchev–Trinajstić information content (AvgIpc) is 2.81. The van der Waals surface area contributed by atoms with Crippen LogP contribution in [0.2, 0.25) is 0 Å². The van der Waals surface area contributed by atoms with Crippen molar-refractivity contribution in [2.45, 2.75) is 44.6 Å². The van der Waals surface area contributed by atoms with Gasteiger partial charge in [0.05, 0.1) is 5.92 Å². The van der Waals surface area contributed by atoms with Crippen LogP contribution < -0.4 is 11.3 Å². The van der Waals surface area contributed by atoms with Crippen molar-refractivity contribution in [3.05, 3.63) is 0 Å². The Morgan fingerprint density at radius 1 is 1.12 bits per heavy atom. The van der Waals surface area contributed by atoms with Gasteiger partial charge >= 0.3 is 0 Å². The quantitative estimate of drug-likeness (QED) is 0.436. The second-order valence-electron chi connectivity index (χ2n) is 4.71. The molecule has 0 aromatic carbocycles. The van der Waals surface area contributed by atoms with Crippen molar-refractivity contribution >= 4 is 18.3 Å². The van der Waals surface area contributed by atoms with E-state index in [4.69, 9.17) is 5.84 Å². The highest BCUT2D eigenvalue weighted by atomic mass is 35.5. The molecule has 1 heterocycles. The van der Waals surface area contributed by atoms with Crippen LogP contribution in [0.3, 0.4) is 0 Å². The van der Waals surface area contributed by atoms with E-state index in [2.05, 4.69) is 10.3 Å². The Kier molecular flexibility index (Phi) is 5.52. The number of carbonyl (C=O) groups is 1. The van der Waals surface area contributed by atoms with Gasteiger partial charge in [-0.3, -0.25) is 15.1 Å². The lowest BCUT2D eigenvalue weighted by atomic mass is 9.83. The number of hydrogen-bond donors (Lipinski definition) is 2. The predicted octanol–water partition coefficient (Wildman–Crippen LogP) is 1.05. The molecule has 0 bridgehead atoms. The van der Waals surface area contributed by atoms with E-state index in [0.717, 1.165) is 12.8 Å². The molecule has 0 spiro atoms. The molecule has 3 N–H and O–H groups in total. The molecule has 4 nitrogen and oxygen atoms in total. The van der Waals surface area contributed by atoms with Crippen LogP contribution in [0.4, 0.5) is 0 Å². The molecule has 1 aliphatic heterocycles. The fraction of sp³-hybridized carbons (Fsp3) is 0.909. The number of hydrogen-bond acceptors (Lipinski definition) is 3. The summed E-state index contributed by atoms with van der Waals surface area (Å²) in [5, 5.41) is 0. The maximum Gasteiger partial charge on any atom is 0.238 e. The third-order valence-electron chi connectivity index (χ3n) is 3.82. The number of hydrazine groups is 1. The maximum absolute atomic E-state index is 11.7. The Labute approximate surface area is 103 Å². The van der Waals surface area contributed by atoms with Crippen LogP contribution >= 0.6 is 12.4 Å². The van der Waals surface area contributed by atoms with Crippen LogP contribution in [0, 0.1) is 5.92 Å². The molecule has 2 rings (SSSR count). The molecule has 2 fully saturated rings. The van der Waals surface area contributed by atoms with Crippen LogP contribution in [-0.2, 0) is 4.79 Å². The molecule has 2 aliphatic rings. The minimum atomic E-state index is 0. The fourth-order valence-corrected chi connectivity index (χ4v) is 3.03. The summed E-state index contributed by atoms with van der Waals surface area (Å²) in [6.07, 6.45) is 7.17. The molecule has 0 radical (unpaired) electrons. The third kappa shape index (κ3) is 2.87. The van der Waals surface area contributed by atoms with Gasteiger partial charge in [-0.2, -0.15) is 0 Å². The molecule has 2 unspecified atom stereocenters. The van der Waals surface area contributed by atoms with Crippen molar-refractivity contribution in [3.8, 4) is 0 Å². The lowest BCUT2D eigenvalue weighted by Crippen LogP contribution is -2.49. The summed E-state index contributed by atoms with van der Waals surface area (Å²) in [5.41, 5.74) is 2.32. The topological polar surface area (TPSA) is 58.4 Å². The highest BCUT2D eigenvalue weighted by Gasteiger charge is 2.35. The molecule has 94 valence electrons. The van der Waals surface area contributed by atoms with E-state index in [1.807, 2.05) is 0 Å². The molecule has 1 saturated heterocycles. The smallest absolute Gasteiger partial charge is 0.238 e. The van der Waals surface area contributed by atoms with Crippen molar-refractivity contribution in [2.75, 3.05) is 13.1 Å². The molecule has 1 saturated carbocycles. The standard InChI is InChI=1S/C11H21N3O.ClH/c12-13-11(15)9-5-1-2-6-10(9)14-7-3-4-8-14;/h9-10H,1-8,12H2,(H,13,15);1H. The van der Waals surface area contributed by atoms with Gasteiger partial charge in [0.25, 0.3) is 0 Å². The van der Waals surface area contributed by atoms with E-state index in [1.54, 1.807) is 0 Å². The second-order valence-corrected chi connectivity index (χ2v) is 4.71. The van der Waals surface area contributed by atoms with Crippen molar-refractivity contribution in [1.29, 1.82) is 0 Å². The first-order valence-electron chi connectivity index (χ1n) is 6.07. The lowest BCUT2D eigenvalue weighted by Gasteiger charge is -2.36. The number of nitrogens with one attached hydrogen (secondary N) is 1. The normalized spacial score (nSPS) is 30.8. The Hall–Kier alpha value is -0.320. The SMILES string of the molecule is Cl.NNC(=O)C1CCCCC1N1CCCC1. The van der Waals surface area contributed by atoms with Crippen molar-refractivity contribution in [2.24, 2.45) is 11.8 Å². The van der Waals surface area contributed by atoms with Gasteiger partial charge in [0.1, 0.15) is 0 Å². The Morgan fingerprint density at radius 3 is 2.38 bits per heavy atom. The number of carbonyl (C=O) groups excluding carboxylic acids is 1. The van der Waals surface area contributed by atoms with Crippen molar-refractivity contribution in [3.63, 3.8) is 0 Å². The van der Waals surface area contributed by atoms with Gasteiger partial charge in [-0.15, -0.1) is 12.4 Å². The van der Waals surface area contributed by atoms with Crippen LogP contribution in [0.25, 0.3) is 0 Å². The number of nitrogens with zero attached hydrogens (tertiary/aromatic N) is 1. The lowest BCUT2D eigenvalue weighted by molar-refractivity contribution is -0.128. The Balaban J connectivity index is 0.00000128. The van der Waals surface area contributed by atoms with E-state index in [-0.39, 0.29) is 24.2 Å². The van der Waals surface area contributed by atoms with E-state index < -0.39 is 0 Å². The zero-order valence-corrected chi connectivity index (χ0v) is 10.5. The maximum atomic E-state index is 11.7. The zero-order valence-electron chi connectivity index (χ0n) is 9.65. The number of halogens is 1. The van der Waals surface area contributed by atoms with Gasteiger partial charge in [-0.05, 0) is 38.8 Å². The molecule has 5 heteroatoms. The fourth-order valence-electron chi connectivity index (χ4n) is 3.03. The third-order valence-corrected chi connectivity index (χ3v) is 3.82. The monoisotopic (exact) mass is 247 g/mol. The summed E-state index contributed by atoms with van der Waals surface area (Å²) < 4.78 is 0. The van der Waals surface area contributed by atoms with E-state index in [9.17, 15) is 4.79 Å². The van der Waals surface area contributed by atoms with Gasteiger partial charge in [0, 0.05) is 6.04 Å². The summed E-state index contributed by atoms with van der Waals surface area (Å²) in [4.78, 5) is 14.2. The second kappa shape index (κ2) is 6.42. The largest absolute Gasteiger partial charge is 0.300 e. The van der Waals surface area contributed by atoms with Gasteiger partial charge in [0.2, 0.25) is 5.91 Å². The van der Waals surface area contributed by atoms with Gasteiger partial charge in [-0.25, -0.2) is 5.84 Å². The van der Waals surface area contributed by atoms with Gasteiger partial charge in [-0.1, -0.05) is 12.8 Å². The molecule has 0 aromatic heterocycles. The van der Waals surface area contributed by atoms with Crippen LogP contribution in [0.1, 0.15) is 38.5 Å². The molecule has 1 amide bonds.